The third kappa shape index (κ3) is 6.25. The lowest BCUT2D eigenvalue weighted by Crippen LogP contribution is -2.40. The number of amides is 1. The monoisotopic (exact) mass is 566 g/mol. The van der Waals surface area contributed by atoms with Crippen molar-refractivity contribution in [2.75, 3.05) is 43.7 Å². The second kappa shape index (κ2) is 11.6. The quantitative estimate of drug-likeness (QED) is 0.363. The smallest absolute Gasteiger partial charge is 0.414 e. The number of nitrogens with one attached hydrogen (secondary N) is 1. The second-order valence-electron chi connectivity index (χ2n) is 10.6. The van der Waals surface area contributed by atoms with E-state index in [0.717, 1.165) is 0 Å². The van der Waals surface area contributed by atoms with Crippen molar-refractivity contribution in [1.82, 2.24) is 15.0 Å². The van der Waals surface area contributed by atoms with E-state index in [1.807, 2.05) is 13.0 Å². The molecule has 1 aliphatic rings. The summed E-state index contributed by atoms with van der Waals surface area (Å²) in [5, 5.41) is 23.9. The fourth-order valence-electron chi connectivity index (χ4n) is 4.29. The summed E-state index contributed by atoms with van der Waals surface area (Å²) in [5.74, 6) is 0.554. The highest BCUT2D eigenvalue weighted by molar-refractivity contribution is 6.30. The third-order valence-corrected chi connectivity index (χ3v) is 6.37. The van der Waals surface area contributed by atoms with Crippen LogP contribution in [0, 0.1) is 11.3 Å². The predicted molar refractivity (Wildman–Crippen MR) is 150 cm³/mol. The zero-order valence-electron chi connectivity index (χ0n) is 23.0. The molecule has 3 aromatic rings. The van der Waals surface area contributed by atoms with Crippen LogP contribution in [0.1, 0.15) is 38.8 Å². The van der Waals surface area contributed by atoms with E-state index in [4.69, 9.17) is 25.8 Å². The summed E-state index contributed by atoms with van der Waals surface area (Å²) in [6.07, 6.45) is 2.46. The highest BCUT2D eigenvalue weighted by atomic mass is 35.5. The summed E-state index contributed by atoms with van der Waals surface area (Å²) in [6, 6.07) is 9.05. The van der Waals surface area contributed by atoms with E-state index >= 15 is 0 Å². The third-order valence-electron chi connectivity index (χ3n) is 6.16. The number of methoxy groups -OCH3 is 1. The van der Waals surface area contributed by atoms with Gasteiger partial charge in [-0.15, -0.1) is 0 Å². The number of benzene rings is 1. The maximum absolute atomic E-state index is 13.1. The molecule has 0 radical (unpaired) electrons. The van der Waals surface area contributed by atoms with Gasteiger partial charge in [-0.1, -0.05) is 18.5 Å². The van der Waals surface area contributed by atoms with Crippen LogP contribution in [0.2, 0.25) is 5.02 Å². The Morgan fingerprint density at radius 1 is 1.27 bits per heavy atom. The topological polar surface area (TPSA) is 143 Å². The van der Waals surface area contributed by atoms with Crippen LogP contribution in [0.5, 0.6) is 5.88 Å². The molecular weight excluding hydrogens is 536 g/mol. The highest BCUT2D eigenvalue weighted by Gasteiger charge is 2.44. The van der Waals surface area contributed by atoms with Gasteiger partial charge in [0.25, 0.3) is 0 Å². The molecule has 0 spiro atoms. The Kier molecular flexibility index (Phi) is 8.44. The van der Waals surface area contributed by atoms with Crippen LogP contribution in [-0.2, 0) is 14.9 Å². The summed E-state index contributed by atoms with van der Waals surface area (Å²) in [6.45, 7) is 7.76. The van der Waals surface area contributed by atoms with Crippen LogP contribution in [0.15, 0.2) is 36.7 Å². The SMILES string of the molecule is COCCOc1ncc(Cl)cc1Nc1nccc(-c2cc(C#N)c3c(c2)[C@@](C)(CO)CN3C(=O)OC(C)(C)C)n1. The van der Waals surface area contributed by atoms with Gasteiger partial charge in [0.05, 0.1) is 35.2 Å². The van der Waals surface area contributed by atoms with Crippen LogP contribution in [0.25, 0.3) is 11.3 Å². The Balaban J connectivity index is 1.72. The molecule has 11 nitrogen and oxygen atoms in total. The standard InChI is InChI=1S/C28H31ClN6O5/c1-27(2,3)40-26(37)35-15-28(4,16-36)20-11-17(10-18(13-30)23(20)35)21-6-7-31-25(33-21)34-22-12-19(29)14-32-24(22)39-9-8-38-5/h6-7,10-12,14,36H,8-9,15-16H2,1-5H3,(H,31,33,34)/t28-/m1/s1. The Labute approximate surface area is 237 Å². The predicted octanol–water partition coefficient (Wildman–Crippen LogP) is 4.84. The van der Waals surface area contributed by atoms with Crippen LogP contribution < -0.4 is 15.0 Å². The van der Waals surface area contributed by atoms with Crippen molar-refractivity contribution in [3.8, 4) is 23.2 Å². The van der Waals surface area contributed by atoms with E-state index in [9.17, 15) is 15.2 Å². The molecule has 12 heteroatoms. The first kappa shape index (κ1) is 29.0. The molecule has 3 heterocycles. The summed E-state index contributed by atoms with van der Waals surface area (Å²) >= 11 is 6.16. The number of nitrogens with zero attached hydrogens (tertiary/aromatic N) is 5. The number of rotatable bonds is 8. The van der Waals surface area contributed by atoms with Gasteiger partial charge in [0.1, 0.15) is 24.0 Å². The van der Waals surface area contributed by atoms with Crippen molar-refractivity contribution >= 4 is 35.0 Å². The van der Waals surface area contributed by atoms with Crippen molar-refractivity contribution in [3.63, 3.8) is 0 Å². The number of carbonyl (C=O) groups excluding carboxylic acids is 1. The number of hydrogen-bond acceptors (Lipinski definition) is 10. The van der Waals surface area contributed by atoms with E-state index in [1.54, 1.807) is 52.3 Å². The molecule has 40 heavy (non-hydrogen) atoms. The Hall–Kier alpha value is -3.98. The van der Waals surface area contributed by atoms with E-state index in [1.165, 1.54) is 11.1 Å². The molecule has 0 unspecified atom stereocenters. The minimum atomic E-state index is -0.817. The van der Waals surface area contributed by atoms with Crippen molar-refractivity contribution in [3.05, 3.63) is 52.8 Å². The summed E-state index contributed by atoms with van der Waals surface area (Å²) < 4.78 is 16.3. The molecule has 0 aliphatic carbocycles. The zero-order chi connectivity index (χ0) is 29.1. The number of aliphatic hydroxyl groups excluding tert-OH is 1. The number of fused-ring (bicyclic) bond motifs is 1. The molecule has 4 rings (SSSR count). The normalized spacial score (nSPS) is 16.3. The van der Waals surface area contributed by atoms with Crippen molar-refractivity contribution in [1.29, 1.82) is 5.26 Å². The van der Waals surface area contributed by atoms with Gasteiger partial charge in [0, 0.05) is 37.0 Å². The second-order valence-corrected chi connectivity index (χ2v) is 11.0. The number of carbonyl (C=O) groups is 1. The van der Waals surface area contributed by atoms with Gasteiger partial charge >= 0.3 is 6.09 Å². The molecule has 0 bridgehead atoms. The van der Waals surface area contributed by atoms with Crippen LogP contribution >= 0.6 is 11.6 Å². The number of ether oxygens (including phenoxy) is 3. The Morgan fingerprint density at radius 3 is 2.73 bits per heavy atom. The van der Waals surface area contributed by atoms with E-state index in [2.05, 4.69) is 26.3 Å². The van der Waals surface area contributed by atoms with Crippen LogP contribution in [0.4, 0.5) is 22.1 Å². The van der Waals surface area contributed by atoms with E-state index in [0.29, 0.717) is 45.7 Å². The maximum atomic E-state index is 13.1. The van der Waals surface area contributed by atoms with Gasteiger partial charge in [0.15, 0.2) is 0 Å². The molecule has 210 valence electrons. The van der Waals surface area contributed by atoms with Gasteiger partial charge in [-0.2, -0.15) is 5.26 Å². The lowest BCUT2D eigenvalue weighted by Gasteiger charge is -2.26. The number of hydrogen-bond donors (Lipinski definition) is 2. The Morgan fingerprint density at radius 2 is 2.05 bits per heavy atom. The average Bonchev–Trinajstić information content (AvgIpc) is 3.22. The molecule has 2 aromatic heterocycles. The first-order valence-electron chi connectivity index (χ1n) is 12.6. The molecule has 1 aliphatic heterocycles. The van der Waals surface area contributed by atoms with Gasteiger partial charge < -0.3 is 24.6 Å². The van der Waals surface area contributed by atoms with Gasteiger partial charge in [0.2, 0.25) is 11.8 Å². The number of halogens is 1. The molecule has 0 saturated carbocycles. The maximum Gasteiger partial charge on any atom is 0.414 e. The molecule has 1 amide bonds. The first-order chi connectivity index (χ1) is 19.0. The fraction of sp³-hybridized carbons (Fsp3) is 0.393. The average molecular weight is 567 g/mol. The van der Waals surface area contributed by atoms with Crippen molar-refractivity contribution in [2.45, 2.75) is 38.7 Å². The van der Waals surface area contributed by atoms with Crippen molar-refractivity contribution < 1.29 is 24.1 Å². The number of aromatic nitrogens is 3. The first-order valence-corrected chi connectivity index (χ1v) is 12.9. The van der Waals surface area contributed by atoms with Crippen LogP contribution in [0.3, 0.4) is 0 Å². The molecule has 0 fully saturated rings. The minimum absolute atomic E-state index is 0.163. The van der Waals surface area contributed by atoms with E-state index < -0.39 is 17.1 Å². The van der Waals surface area contributed by atoms with Gasteiger partial charge in [-0.25, -0.2) is 19.7 Å². The number of anilines is 3. The Bertz CT molecular complexity index is 1450. The van der Waals surface area contributed by atoms with Crippen molar-refractivity contribution in [2.24, 2.45) is 0 Å². The lowest BCUT2D eigenvalue weighted by atomic mass is 9.83. The molecule has 1 aromatic carbocycles. The summed E-state index contributed by atoms with van der Waals surface area (Å²) in [4.78, 5) is 27.6. The van der Waals surface area contributed by atoms with Gasteiger partial charge in [-0.3, -0.25) is 4.90 Å². The van der Waals surface area contributed by atoms with Crippen LogP contribution in [-0.4, -0.2) is 65.2 Å². The largest absolute Gasteiger partial charge is 0.474 e. The molecule has 2 N–H and O–H groups in total. The summed E-state index contributed by atoms with van der Waals surface area (Å²) in [5.41, 5.74) is 1.40. The minimum Gasteiger partial charge on any atom is -0.474 e. The molecule has 0 saturated heterocycles. The van der Waals surface area contributed by atoms with E-state index in [-0.39, 0.29) is 31.3 Å². The molecule has 1 atom stereocenters. The van der Waals surface area contributed by atoms with Gasteiger partial charge in [-0.05, 0) is 50.6 Å². The summed E-state index contributed by atoms with van der Waals surface area (Å²) in [7, 11) is 1.58. The lowest BCUT2D eigenvalue weighted by molar-refractivity contribution is 0.0575. The number of nitriles is 1. The molecular formula is C28H31ClN6O5. The fourth-order valence-corrected chi connectivity index (χ4v) is 4.45. The number of aliphatic hydroxyl groups is 1. The zero-order valence-corrected chi connectivity index (χ0v) is 23.7. The number of pyridine rings is 1. The highest BCUT2D eigenvalue weighted by Crippen LogP contribution is 2.45.